The molecule has 4 nitrogen and oxygen atoms in total. The van der Waals surface area contributed by atoms with Crippen LogP contribution < -0.4 is 11.3 Å². The third-order valence-electron chi connectivity index (χ3n) is 2.76. The molecule has 1 aromatic heterocycles. The van der Waals surface area contributed by atoms with E-state index in [1.165, 1.54) is 6.33 Å². The Kier molecular flexibility index (Phi) is 2.33. The van der Waals surface area contributed by atoms with Crippen LogP contribution in [0.25, 0.3) is 0 Å². The van der Waals surface area contributed by atoms with Gasteiger partial charge in [-0.1, -0.05) is 24.4 Å². The summed E-state index contributed by atoms with van der Waals surface area (Å²) < 4.78 is 0. The van der Waals surface area contributed by atoms with Crippen molar-refractivity contribution >= 4 is 11.6 Å². The van der Waals surface area contributed by atoms with Crippen molar-refractivity contribution in [2.75, 3.05) is 0 Å². The molecule has 1 aromatic rings. The highest BCUT2D eigenvalue weighted by Crippen LogP contribution is 2.36. The summed E-state index contributed by atoms with van der Waals surface area (Å²) in [7, 11) is 0. The predicted molar refractivity (Wildman–Crippen MR) is 54.2 cm³/mol. The minimum absolute atomic E-state index is 0.136. The lowest BCUT2D eigenvalue weighted by atomic mass is 9.94. The maximum Gasteiger partial charge on any atom is 0.269 e. The number of halogens is 1. The number of hydrogen-bond donors (Lipinski definition) is 2. The van der Waals surface area contributed by atoms with E-state index in [1.807, 2.05) is 0 Å². The molecule has 0 amide bonds. The molecule has 5 heteroatoms. The molecule has 1 fully saturated rings. The van der Waals surface area contributed by atoms with Gasteiger partial charge in [0.25, 0.3) is 5.56 Å². The van der Waals surface area contributed by atoms with Crippen molar-refractivity contribution in [2.45, 2.75) is 31.2 Å². The predicted octanol–water partition coefficient (Wildman–Crippen LogP) is 1.15. The molecule has 1 heterocycles. The van der Waals surface area contributed by atoms with Crippen molar-refractivity contribution in [3.63, 3.8) is 0 Å². The summed E-state index contributed by atoms with van der Waals surface area (Å²) in [6.07, 6.45) is 5.20. The standard InChI is InChI=1S/C9H12ClN3O/c10-6-7(12-5-13-8(6)14)9(11)3-1-2-4-9/h5H,1-4,11H2,(H,12,13,14). The lowest BCUT2D eigenvalue weighted by Gasteiger charge is -2.22. The molecule has 0 atom stereocenters. The van der Waals surface area contributed by atoms with Gasteiger partial charge in [0.2, 0.25) is 0 Å². The molecule has 0 radical (unpaired) electrons. The summed E-state index contributed by atoms with van der Waals surface area (Å²) in [5, 5.41) is 0.136. The second-order valence-corrected chi connectivity index (χ2v) is 4.14. The monoisotopic (exact) mass is 213 g/mol. The molecular weight excluding hydrogens is 202 g/mol. The number of aromatic nitrogens is 2. The quantitative estimate of drug-likeness (QED) is 0.735. The van der Waals surface area contributed by atoms with Crippen LogP contribution in [0.5, 0.6) is 0 Å². The van der Waals surface area contributed by atoms with E-state index >= 15 is 0 Å². The Balaban J connectivity index is 2.50. The molecule has 0 aromatic carbocycles. The van der Waals surface area contributed by atoms with Crippen LogP contribution in [0, 0.1) is 0 Å². The van der Waals surface area contributed by atoms with Gasteiger partial charge in [-0.25, -0.2) is 4.98 Å². The summed E-state index contributed by atoms with van der Waals surface area (Å²) in [5.41, 5.74) is 5.89. The zero-order valence-corrected chi connectivity index (χ0v) is 8.47. The van der Waals surface area contributed by atoms with Crippen molar-refractivity contribution in [1.82, 2.24) is 9.97 Å². The van der Waals surface area contributed by atoms with Crippen molar-refractivity contribution in [2.24, 2.45) is 5.73 Å². The molecule has 2 rings (SSSR count). The van der Waals surface area contributed by atoms with Crippen LogP contribution >= 0.6 is 11.6 Å². The van der Waals surface area contributed by atoms with E-state index in [1.54, 1.807) is 0 Å². The lowest BCUT2D eigenvalue weighted by molar-refractivity contribution is 0.446. The van der Waals surface area contributed by atoms with Crippen molar-refractivity contribution in [1.29, 1.82) is 0 Å². The summed E-state index contributed by atoms with van der Waals surface area (Å²) >= 11 is 5.88. The van der Waals surface area contributed by atoms with Crippen LogP contribution in [0.3, 0.4) is 0 Å². The number of hydrogen-bond acceptors (Lipinski definition) is 3. The highest BCUT2D eigenvalue weighted by Gasteiger charge is 2.35. The lowest BCUT2D eigenvalue weighted by Crippen LogP contribution is -2.36. The van der Waals surface area contributed by atoms with E-state index in [-0.39, 0.29) is 10.6 Å². The summed E-state index contributed by atoms with van der Waals surface area (Å²) in [6.45, 7) is 0. The molecule has 1 aliphatic rings. The molecule has 0 bridgehead atoms. The first-order chi connectivity index (χ1) is 6.63. The Bertz CT molecular complexity index is 395. The molecule has 0 spiro atoms. The third-order valence-corrected chi connectivity index (χ3v) is 3.11. The fourth-order valence-corrected chi connectivity index (χ4v) is 2.26. The maximum atomic E-state index is 11.3. The Labute approximate surface area is 86.5 Å². The van der Waals surface area contributed by atoms with Crippen LogP contribution in [-0.4, -0.2) is 9.97 Å². The van der Waals surface area contributed by atoms with E-state index in [4.69, 9.17) is 17.3 Å². The highest BCUT2D eigenvalue weighted by atomic mass is 35.5. The number of rotatable bonds is 1. The maximum absolute atomic E-state index is 11.3. The molecular formula is C9H12ClN3O. The number of aromatic amines is 1. The number of H-pyrrole nitrogens is 1. The van der Waals surface area contributed by atoms with Gasteiger partial charge in [0, 0.05) is 0 Å². The average Bonchev–Trinajstić information content (AvgIpc) is 2.58. The molecule has 3 N–H and O–H groups in total. The largest absolute Gasteiger partial charge is 0.320 e. The van der Waals surface area contributed by atoms with Crippen LogP contribution in [0.15, 0.2) is 11.1 Å². The molecule has 76 valence electrons. The van der Waals surface area contributed by atoms with Gasteiger partial charge in [0.1, 0.15) is 5.02 Å². The molecule has 0 unspecified atom stereocenters. The smallest absolute Gasteiger partial charge is 0.269 e. The molecule has 1 aliphatic carbocycles. The van der Waals surface area contributed by atoms with Gasteiger partial charge in [0.15, 0.2) is 0 Å². The number of nitrogens with two attached hydrogens (primary N) is 1. The van der Waals surface area contributed by atoms with Crippen molar-refractivity contribution < 1.29 is 0 Å². The van der Waals surface area contributed by atoms with Gasteiger partial charge in [-0.15, -0.1) is 0 Å². The third kappa shape index (κ3) is 1.44. The van der Waals surface area contributed by atoms with Gasteiger partial charge in [0.05, 0.1) is 17.6 Å². The van der Waals surface area contributed by atoms with E-state index in [2.05, 4.69) is 9.97 Å². The Morgan fingerprint density at radius 2 is 2.14 bits per heavy atom. The van der Waals surface area contributed by atoms with Crippen molar-refractivity contribution in [3.05, 3.63) is 27.4 Å². The summed E-state index contributed by atoms with van der Waals surface area (Å²) in [5.74, 6) is 0. The van der Waals surface area contributed by atoms with Crippen LogP contribution in [0.2, 0.25) is 5.02 Å². The van der Waals surface area contributed by atoms with Gasteiger partial charge < -0.3 is 10.7 Å². The SMILES string of the molecule is NC1(c2nc[nH]c(=O)c2Cl)CCCC1. The van der Waals surface area contributed by atoms with Crippen LogP contribution in [0.1, 0.15) is 31.4 Å². The molecule has 0 aliphatic heterocycles. The zero-order valence-electron chi connectivity index (χ0n) is 7.72. The first-order valence-electron chi connectivity index (χ1n) is 4.66. The fraction of sp³-hybridized carbons (Fsp3) is 0.556. The van der Waals surface area contributed by atoms with E-state index in [0.717, 1.165) is 25.7 Å². The first kappa shape index (κ1) is 9.68. The van der Waals surface area contributed by atoms with E-state index in [9.17, 15) is 4.79 Å². The van der Waals surface area contributed by atoms with Crippen LogP contribution in [-0.2, 0) is 5.54 Å². The number of nitrogens with zero attached hydrogens (tertiary/aromatic N) is 1. The molecule has 1 saturated carbocycles. The van der Waals surface area contributed by atoms with Gasteiger partial charge >= 0.3 is 0 Å². The number of nitrogens with one attached hydrogen (secondary N) is 1. The topological polar surface area (TPSA) is 71.8 Å². The molecule has 14 heavy (non-hydrogen) atoms. The van der Waals surface area contributed by atoms with E-state index < -0.39 is 5.54 Å². The Morgan fingerprint density at radius 3 is 2.79 bits per heavy atom. The zero-order chi connectivity index (χ0) is 10.2. The summed E-state index contributed by atoms with van der Waals surface area (Å²) in [6, 6.07) is 0. The second kappa shape index (κ2) is 3.37. The fourth-order valence-electron chi connectivity index (χ4n) is 1.97. The average molecular weight is 214 g/mol. The highest BCUT2D eigenvalue weighted by molar-refractivity contribution is 6.31. The normalized spacial score (nSPS) is 19.9. The van der Waals surface area contributed by atoms with Gasteiger partial charge in [-0.3, -0.25) is 4.79 Å². The molecule has 0 saturated heterocycles. The van der Waals surface area contributed by atoms with E-state index in [0.29, 0.717) is 5.69 Å². The van der Waals surface area contributed by atoms with Crippen molar-refractivity contribution in [3.8, 4) is 0 Å². The Morgan fingerprint density at radius 1 is 1.50 bits per heavy atom. The minimum Gasteiger partial charge on any atom is -0.320 e. The summed E-state index contributed by atoms with van der Waals surface area (Å²) in [4.78, 5) is 17.8. The van der Waals surface area contributed by atoms with Crippen LogP contribution in [0.4, 0.5) is 0 Å². The minimum atomic E-state index is -0.495. The van der Waals surface area contributed by atoms with Gasteiger partial charge in [-0.2, -0.15) is 0 Å². The van der Waals surface area contributed by atoms with Gasteiger partial charge in [-0.05, 0) is 12.8 Å². The Hall–Kier alpha value is -0.870. The second-order valence-electron chi connectivity index (χ2n) is 3.76. The first-order valence-corrected chi connectivity index (χ1v) is 5.04.